The summed E-state index contributed by atoms with van der Waals surface area (Å²) in [5.41, 5.74) is 0.990. The van der Waals surface area contributed by atoms with Crippen molar-refractivity contribution in [2.75, 3.05) is 18.1 Å². The predicted molar refractivity (Wildman–Crippen MR) is 103 cm³/mol. The van der Waals surface area contributed by atoms with Gasteiger partial charge in [0.2, 0.25) is 0 Å². The Balaban J connectivity index is 1.51. The van der Waals surface area contributed by atoms with Crippen LogP contribution in [0.5, 0.6) is 0 Å². The molecule has 1 amide bonds. The van der Waals surface area contributed by atoms with Crippen LogP contribution in [0.4, 0.5) is 0 Å². The van der Waals surface area contributed by atoms with Crippen LogP contribution in [0.2, 0.25) is 0 Å². The molecule has 1 aliphatic rings. The van der Waals surface area contributed by atoms with E-state index in [1.165, 1.54) is 0 Å². The summed E-state index contributed by atoms with van der Waals surface area (Å²) >= 11 is 0. The Hall–Kier alpha value is -2.41. The molecule has 0 spiro atoms. The molecule has 7 heteroatoms. The number of hydrogen-bond donors (Lipinski definition) is 1. The van der Waals surface area contributed by atoms with E-state index in [-0.39, 0.29) is 42.4 Å². The molecule has 0 radical (unpaired) electrons. The minimum atomic E-state index is -3.02. The maximum atomic E-state index is 12.1. The Morgan fingerprint density at radius 1 is 1.19 bits per heavy atom. The van der Waals surface area contributed by atoms with Gasteiger partial charge in [-0.05, 0) is 35.6 Å². The molecule has 2 aromatic carbocycles. The minimum Gasteiger partial charge on any atom is -0.456 e. The van der Waals surface area contributed by atoms with Gasteiger partial charge in [-0.15, -0.1) is 0 Å². The normalized spacial score (nSPS) is 19.5. The number of fused-ring (bicyclic) bond motifs is 1. The number of benzene rings is 2. The Labute approximate surface area is 158 Å². The highest BCUT2D eigenvalue weighted by Crippen LogP contribution is 2.24. The van der Waals surface area contributed by atoms with Gasteiger partial charge in [0.15, 0.2) is 16.4 Å². The van der Waals surface area contributed by atoms with E-state index in [2.05, 4.69) is 5.32 Å². The topological polar surface area (TPSA) is 89.5 Å². The molecule has 2 aromatic rings. The summed E-state index contributed by atoms with van der Waals surface area (Å²) in [6, 6.07) is 13.6. The van der Waals surface area contributed by atoms with E-state index in [4.69, 9.17) is 4.74 Å². The molecular weight excluding hydrogens is 366 g/mol. The lowest BCUT2D eigenvalue weighted by Crippen LogP contribution is -2.31. The smallest absolute Gasteiger partial charge is 0.306 e. The quantitative estimate of drug-likeness (QED) is 0.766. The maximum Gasteiger partial charge on any atom is 0.306 e. The van der Waals surface area contributed by atoms with E-state index in [1.54, 1.807) is 0 Å². The summed E-state index contributed by atoms with van der Waals surface area (Å²) < 4.78 is 27.9. The summed E-state index contributed by atoms with van der Waals surface area (Å²) in [6.45, 7) is 1.51. The average Bonchev–Trinajstić information content (AvgIpc) is 2.97. The summed E-state index contributed by atoms with van der Waals surface area (Å²) in [6.07, 6.45) is 0.507. The standard InChI is InChI=1S/C20H23NO5S/c1-14(17-8-4-6-16-5-2-3-7-18(16)17)21-19(22)12-26-20(23)11-15-9-10-27(24,25)13-15/h2-8,14-15H,9-13H2,1H3,(H,21,22)/t14-,15-/m1/s1. The number of carbonyl (C=O) groups is 2. The fourth-order valence-corrected chi connectivity index (χ4v) is 5.32. The Kier molecular flexibility index (Phi) is 5.79. The van der Waals surface area contributed by atoms with Crippen LogP contribution in [-0.2, 0) is 24.2 Å². The van der Waals surface area contributed by atoms with Crippen LogP contribution in [0.1, 0.15) is 31.4 Å². The van der Waals surface area contributed by atoms with Gasteiger partial charge in [-0.3, -0.25) is 9.59 Å². The summed E-state index contributed by atoms with van der Waals surface area (Å²) in [4.78, 5) is 24.0. The van der Waals surface area contributed by atoms with Crippen LogP contribution in [0.3, 0.4) is 0 Å². The lowest BCUT2D eigenvalue weighted by atomic mass is 10.00. The van der Waals surface area contributed by atoms with Crippen LogP contribution in [0.25, 0.3) is 10.8 Å². The fourth-order valence-electron chi connectivity index (χ4n) is 3.46. The van der Waals surface area contributed by atoms with Crippen LogP contribution < -0.4 is 5.32 Å². The van der Waals surface area contributed by atoms with Crippen molar-refractivity contribution in [1.82, 2.24) is 5.32 Å². The fraction of sp³-hybridized carbons (Fsp3) is 0.400. The highest BCUT2D eigenvalue weighted by atomic mass is 32.2. The minimum absolute atomic E-state index is 0.0202. The van der Waals surface area contributed by atoms with Crippen LogP contribution in [-0.4, -0.2) is 38.4 Å². The molecule has 2 atom stereocenters. The van der Waals surface area contributed by atoms with Crippen molar-refractivity contribution >= 4 is 32.5 Å². The zero-order valence-electron chi connectivity index (χ0n) is 15.2. The molecule has 6 nitrogen and oxygen atoms in total. The van der Waals surface area contributed by atoms with Crippen molar-refractivity contribution in [3.05, 3.63) is 48.0 Å². The molecule has 27 heavy (non-hydrogen) atoms. The van der Waals surface area contributed by atoms with Gasteiger partial charge in [-0.25, -0.2) is 8.42 Å². The first-order valence-electron chi connectivity index (χ1n) is 8.97. The number of esters is 1. The van der Waals surface area contributed by atoms with Crippen molar-refractivity contribution in [3.8, 4) is 0 Å². The number of sulfone groups is 1. The Morgan fingerprint density at radius 2 is 1.93 bits per heavy atom. The van der Waals surface area contributed by atoms with E-state index < -0.39 is 15.8 Å². The molecule has 1 aliphatic heterocycles. The second kappa shape index (κ2) is 8.08. The first-order valence-corrected chi connectivity index (χ1v) is 10.8. The Bertz CT molecular complexity index is 949. The van der Waals surface area contributed by atoms with Crippen molar-refractivity contribution in [2.45, 2.75) is 25.8 Å². The molecule has 1 saturated heterocycles. The molecule has 0 bridgehead atoms. The average molecular weight is 389 g/mol. The van der Waals surface area contributed by atoms with Crippen molar-refractivity contribution in [3.63, 3.8) is 0 Å². The summed E-state index contributed by atoms with van der Waals surface area (Å²) in [5, 5.41) is 4.99. The third kappa shape index (κ3) is 5.07. The predicted octanol–water partition coefficient (Wildman–Crippen LogP) is 2.39. The SMILES string of the molecule is C[C@@H](NC(=O)COC(=O)C[C@H]1CCS(=O)(=O)C1)c1cccc2ccccc12. The van der Waals surface area contributed by atoms with E-state index >= 15 is 0 Å². The van der Waals surface area contributed by atoms with E-state index in [9.17, 15) is 18.0 Å². The number of rotatable bonds is 6. The molecule has 1 N–H and O–H groups in total. The number of carbonyl (C=O) groups excluding carboxylic acids is 2. The van der Waals surface area contributed by atoms with E-state index in [0.29, 0.717) is 6.42 Å². The molecule has 0 saturated carbocycles. The number of hydrogen-bond acceptors (Lipinski definition) is 5. The zero-order valence-corrected chi connectivity index (χ0v) is 16.0. The second-order valence-corrected chi connectivity index (χ2v) is 9.22. The van der Waals surface area contributed by atoms with Crippen LogP contribution >= 0.6 is 0 Å². The highest BCUT2D eigenvalue weighted by Gasteiger charge is 2.30. The number of nitrogens with one attached hydrogen (secondary N) is 1. The van der Waals surface area contributed by atoms with Gasteiger partial charge in [0, 0.05) is 6.42 Å². The van der Waals surface area contributed by atoms with Crippen molar-refractivity contribution < 1.29 is 22.7 Å². The molecule has 1 heterocycles. The molecule has 3 rings (SSSR count). The van der Waals surface area contributed by atoms with Gasteiger partial charge in [-0.2, -0.15) is 0 Å². The van der Waals surface area contributed by atoms with Crippen LogP contribution in [0, 0.1) is 5.92 Å². The van der Waals surface area contributed by atoms with Gasteiger partial charge in [-0.1, -0.05) is 42.5 Å². The summed E-state index contributed by atoms with van der Waals surface area (Å²) in [5.74, 6) is -0.992. The number of amides is 1. The van der Waals surface area contributed by atoms with Gasteiger partial charge in [0.1, 0.15) is 0 Å². The zero-order chi connectivity index (χ0) is 19.4. The molecule has 1 fully saturated rings. The monoisotopic (exact) mass is 389 g/mol. The Morgan fingerprint density at radius 3 is 2.67 bits per heavy atom. The van der Waals surface area contributed by atoms with E-state index in [1.807, 2.05) is 49.4 Å². The molecule has 0 aliphatic carbocycles. The molecular formula is C20H23NO5S. The molecule has 144 valence electrons. The van der Waals surface area contributed by atoms with Gasteiger partial charge >= 0.3 is 5.97 Å². The first-order chi connectivity index (χ1) is 12.8. The third-order valence-corrected chi connectivity index (χ3v) is 6.65. The van der Waals surface area contributed by atoms with Gasteiger partial charge in [0.25, 0.3) is 5.91 Å². The third-order valence-electron chi connectivity index (χ3n) is 4.81. The van der Waals surface area contributed by atoms with Gasteiger partial charge in [0.05, 0.1) is 17.5 Å². The van der Waals surface area contributed by atoms with E-state index in [0.717, 1.165) is 16.3 Å². The largest absolute Gasteiger partial charge is 0.456 e. The molecule has 0 unspecified atom stereocenters. The van der Waals surface area contributed by atoms with Gasteiger partial charge < -0.3 is 10.1 Å². The van der Waals surface area contributed by atoms with Crippen molar-refractivity contribution in [2.24, 2.45) is 5.92 Å². The summed E-state index contributed by atoms with van der Waals surface area (Å²) in [7, 11) is -3.02. The molecule has 0 aromatic heterocycles. The second-order valence-electron chi connectivity index (χ2n) is 6.99. The van der Waals surface area contributed by atoms with Crippen LogP contribution in [0.15, 0.2) is 42.5 Å². The number of ether oxygens (including phenoxy) is 1. The highest BCUT2D eigenvalue weighted by molar-refractivity contribution is 7.91. The lowest BCUT2D eigenvalue weighted by molar-refractivity contribution is -0.149. The lowest BCUT2D eigenvalue weighted by Gasteiger charge is -2.17. The van der Waals surface area contributed by atoms with Crippen molar-refractivity contribution in [1.29, 1.82) is 0 Å². The maximum absolute atomic E-state index is 12.1. The first kappa shape index (κ1) is 19.4.